The molecule has 4 rings (SSSR count). The second-order valence-electron chi connectivity index (χ2n) is 8.30. The number of hydrogen-bond acceptors (Lipinski definition) is 5. The molecular formula is C22H29N3O4. The second-order valence-corrected chi connectivity index (χ2v) is 8.30. The van der Waals surface area contributed by atoms with Crippen molar-refractivity contribution in [3.8, 4) is 5.75 Å². The molecule has 1 aromatic rings. The minimum absolute atomic E-state index is 0.148. The maximum atomic E-state index is 12.8. The Morgan fingerprint density at radius 2 is 1.97 bits per heavy atom. The Hall–Kier alpha value is -2.41. The number of fused-ring (bicyclic) bond motifs is 1. The van der Waals surface area contributed by atoms with E-state index >= 15 is 0 Å². The summed E-state index contributed by atoms with van der Waals surface area (Å²) in [6.07, 6.45) is 5.37. The summed E-state index contributed by atoms with van der Waals surface area (Å²) in [5.74, 6) is -0.0258. The second kappa shape index (κ2) is 8.14. The maximum absolute atomic E-state index is 12.8. The number of piperidine rings is 1. The lowest BCUT2D eigenvalue weighted by Gasteiger charge is -2.37. The Bertz CT molecular complexity index is 824. The van der Waals surface area contributed by atoms with E-state index in [-0.39, 0.29) is 30.2 Å². The van der Waals surface area contributed by atoms with Gasteiger partial charge in [-0.2, -0.15) is 0 Å². The van der Waals surface area contributed by atoms with Crippen molar-refractivity contribution in [3.05, 3.63) is 29.3 Å². The first-order chi connectivity index (χ1) is 14.0. The molecule has 2 fully saturated rings. The maximum Gasteiger partial charge on any atom is 0.255 e. The third-order valence-corrected chi connectivity index (χ3v) is 6.52. The molecule has 3 aliphatic rings. The molecule has 0 radical (unpaired) electrons. The fourth-order valence-electron chi connectivity index (χ4n) is 4.75. The van der Waals surface area contributed by atoms with Gasteiger partial charge in [-0.25, -0.2) is 0 Å². The number of imide groups is 1. The number of hydrogen-bond donors (Lipinski definition) is 1. The van der Waals surface area contributed by atoms with Crippen molar-refractivity contribution in [2.24, 2.45) is 0 Å². The van der Waals surface area contributed by atoms with Crippen molar-refractivity contribution < 1.29 is 19.1 Å². The van der Waals surface area contributed by atoms with E-state index in [2.05, 4.69) is 24.2 Å². The number of likely N-dealkylation sites (N-methyl/N-ethyl adjacent to an activating group) is 1. The molecule has 156 valence electrons. The van der Waals surface area contributed by atoms with Gasteiger partial charge in [0.05, 0.1) is 0 Å². The molecule has 1 unspecified atom stereocenters. The van der Waals surface area contributed by atoms with E-state index in [9.17, 15) is 14.4 Å². The SMILES string of the molecule is CCN(C)[C@H]1CCCC[C@H]1Oc1ccc2c(c1)CN(C1CCC(=O)NC1=O)C2=O. The van der Waals surface area contributed by atoms with Crippen molar-refractivity contribution in [1.29, 1.82) is 0 Å². The van der Waals surface area contributed by atoms with Crippen LogP contribution in [-0.4, -0.2) is 59.3 Å². The van der Waals surface area contributed by atoms with Crippen molar-refractivity contribution >= 4 is 17.7 Å². The van der Waals surface area contributed by atoms with Crippen LogP contribution >= 0.6 is 0 Å². The minimum Gasteiger partial charge on any atom is -0.489 e. The lowest BCUT2D eigenvalue weighted by molar-refractivity contribution is -0.136. The fraction of sp³-hybridized carbons (Fsp3) is 0.591. The number of carbonyl (C=O) groups is 3. The van der Waals surface area contributed by atoms with Gasteiger partial charge in [-0.1, -0.05) is 13.3 Å². The molecule has 3 amide bonds. The number of nitrogens with zero attached hydrogens (tertiary/aromatic N) is 2. The van der Waals surface area contributed by atoms with Crippen LogP contribution in [-0.2, 0) is 16.1 Å². The Kier molecular flexibility index (Phi) is 5.58. The largest absolute Gasteiger partial charge is 0.489 e. The quantitative estimate of drug-likeness (QED) is 0.767. The normalized spacial score (nSPS) is 27.2. The molecule has 3 atom stereocenters. The molecule has 1 saturated heterocycles. The van der Waals surface area contributed by atoms with Gasteiger partial charge < -0.3 is 14.5 Å². The summed E-state index contributed by atoms with van der Waals surface area (Å²) in [7, 11) is 2.14. The molecule has 29 heavy (non-hydrogen) atoms. The highest BCUT2D eigenvalue weighted by Gasteiger charge is 2.39. The van der Waals surface area contributed by atoms with Gasteiger partial charge in [0.15, 0.2) is 0 Å². The van der Waals surface area contributed by atoms with Gasteiger partial charge in [0.25, 0.3) is 5.91 Å². The molecular weight excluding hydrogens is 370 g/mol. The Labute approximate surface area is 171 Å². The van der Waals surface area contributed by atoms with Crippen LogP contribution in [0, 0.1) is 0 Å². The first kappa shape index (κ1) is 19.9. The zero-order valence-corrected chi connectivity index (χ0v) is 17.1. The van der Waals surface area contributed by atoms with Crippen LogP contribution in [0.1, 0.15) is 61.4 Å². The van der Waals surface area contributed by atoms with Gasteiger partial charge in [-0.15, -0.1) is 0 Å². The summed E-state index contributed by atoms with van der Waals surface area (Å²) in [4.78, 5) is 40.3. The van der Waals surface area contributed by atoms with E-state index in [4.69, 9.17) is 4.74 Å². The Morgan fingerprint density at radius 3 is 2.72 bits per heavy atom. The van der Waals surface area contributed by atoms with Crippen LogP contribution < -0.4 is 10.1 Å². The zero-order valence-electron chi connectivity index (χ0n) is 17.1. The summed E-state index contributed by atoms with van der Waals surface area (Å²) < 4.78 is 6.37. The van der Waals surface area contributed by atoms with E-state index in [1.807, 2.05) is 12.1 Å². The Balaban J connectivity index is 1.48. The predicted molar refractivity (Wildman–Crippen MR) is 107 cm³/mol. The molecule has 2 aliphatic heterocycles. The fourth-order valence-corrected chi connectivity index (χ4v) is 4.75. The third kappa shape index (κ3) is 3.88. The van der Waals surface area contributed by atoms with Crippen molar-refractivity contribution in [1.82, 2.24) is 15.1 Å². The average Bonchev–Trinajstić information content (AvgIpc) is 3.03. The summed E-state index contributed by atoms with van der Waals surface area (Å²) in [5, 5.41) is 2.34. The van der Waals surface area contributed by atoms with Gasteiger partial charge >= 0.3 is 0 Å². The predicted octanol–water partition coefficient (Wildman–Crippen LogP) is 2.09. The van der Waals surface area contributed by atoms with Gasteiger partial charge in [-0.05, 0) is 63.0 Å². The molecule has 1 N–H and O–H groups in total. The van der Waals surface area contributed by atoms with Crippen molar-refractivity contribution in [2.75, 3.05) is 13.6 Å². The molecule has 0 bridgehead atoms. The van der Waals surface area contributed by atoms with E-state index in [1.54, 1.807) is 11.0 Å². The van der Waals surface area contributed by atoms with Crippen LogP contribution in [0.4, 0.5) is 0 Å². The van der Waals surface area contributed by atoms with E-state index in [0.717, 1.165) is 30.7 Å². The molecule has 0 aromatic heterocycles. The molecule has 1 aromatic carbocycles. The lowest BCUT2D eigenvalue weighted by Crippen LogP contribution is -2.52. The average molecular weight is 399 g/mol. The zero-order chi connectivity index (χ0) is 20.5. The lowest BCUT2D eigenvalue weighted by atomic mass is 9.91. The smallest absolute Gasteiger partial charge is 0.255 e. The minimum atomic E-state index is -0.585. The van der Waals surface area contributed by atoms with E-state index < -0.39 is 6.04 Å². The monoisotopic (exact) mass is 399 g/mol. The van der Waals surface area contributed by atoms with Crippen LogP contribution in [0.2, 0.25) is 0 Å². The molecule has 1 aliphatic carbocycles. The summed E-state index contributed by atoms with van der Waals surface area (Å²) in [6.45, 7) is 3.53. The van der Waals surface area contributed by atoms with Crippen LogP contribution in [0.3, 0.4) is 0 Å². The molecule has 1 saturated carbocycles. The van der Waals surface area contributed by atoms with Gasteiger partial charge in [0, 0.05) is 24.6 Å². The third-order valence-electron chi connectivity index (χ3n) is 6.52. The topological polar surface area (TPSA) is 79.0 Å². The highest BCUT2D eigenvalue weighted by molar-refractivity contribution is 6.05. The van der Waals surface area contributed by atoms with Crippen LogP contribution in [0.5, 0.6) is 5.75 Å². The number of amides is 3. The van der Waals surface area contributed by atoms with Gasteiger partial charge in [0.1, 0.15) is 17.9 Å². The number of ether oxygens (including phenoxy) is 1. The van der Waals surface area contributed by atoms with Gasteiger partial charge in [-0.3, -0.25) is 19.7 Å². The first-order valence-electron chi connectivity index (χ1n) is 10.6. The van der Waals surface area contributed by atoms with E-state index in [0.29, 0.717) is 24.6 Å². The molecule has 0 spiro atoms. The highest BCUT2D eigenvalue weighted by Crippen LogP contribution is 2.32. The van der Waals surface area contributed by atoms with E-state index in [1.165, 1.54) is 12.8 Å². The standard InChI is InChI=1S/C22H29N3O4/c1-3-24(2)17-6-4-5-7-19(17)29-15-8-9-16-14(12-15)13-25(22(16)28)18-10-11-20(26)23-21(18)27/h8-9,12,17-19H,3-7,10-11,13H2,1-2H3,(H,23,26,27)/t17-,18?,19+/m0/s1. The number of carbonyl (C=O) groups excluding carboxylic acids is 3. The van der Waals surface area contributed by atoms with Crippen LogP contribution in [0.15, 0.2) is 18.2 Å². The highest BCUT2D eigenvalue weighted by atomic mass is 16.5. The first-order valence-corrected chi connectivity index (χ1v) is 10.6. The number of nitrogens with one attached hydrogen (secondary N) is 1. The van der Waals surface area contributed by atoms with Crippen molar-refractivity contribution in [3.63, 3.8) is 0 Å². The molecule has 7 nitrogen and oxygen atoms in total. The molecule has 2 heterocycles. The number of rotatable bonds is 5. The van der Waals surface area contributed by atoms with Gasteiger partial charge in [0.2, 0.25) is 11.8 Å². The summed E-state index contributed by atoms with van der Waals surface area (Å²) in [5.41, 5.74) is 1.50. The van der Waals surface area contributed by atoms with Crippen LogP contribution in [0.25, 0.3) is 0 Å². The summed E-state index contributed by atoms with van der Waals surface area (Å²) >= 11 is 0. The Morgan fingerprint density at radius 1 is 1.17 bits per heavy atom. The molecule has 7 heteroatoms. The van der Waals surface area contributed by atoms with Crippen molar-refractivity contribution in [2.45, 2.75) is 70.2 Å². The summed E-state index contributed by atoms with van der Waals surface area (Å²) in [6, 6.07) is 5.43. The number of benzene rings is 1.